The quantitative estimate of drug-likeness (QED) is 0.414. The van der Waals surface area contributed by atoms with Crippen LogP contribution in [0.5, 0.6) is 0 Å². The summed E-state index contributed by atoms with van der Waals surface area (Å²) in [6, 6.07) is 0. The van der Waals surface area contributed by atoms with Crippen molar-refractivity contribution in [3.8, 4) is 0 Å². The van der Waals surface area contributed by atoms with Crippen molar-refractivity contribution in [2.45, 2.75) is 0 Å². The van der Waals surface area contributed by atoms with Crippen molar-refractivity contribution in [3.05, 3.63) is 0 Å². The standard InChI is InChI=1S/2C4H7N3O.2ClH.Pt/c2*1-7-2-3(8)6-4(7)5;;;/h2*2H2,1H3,(H2,5,6,8);2*1H;/q;;;;+2. The molecule has 0 spiro atoms. The Hall–Kier alpha value is -0.852. The first-order valence-corrected chi connectivity index (χ1v) is 10.5. The molecule has 0 atom stereocenters. The van der Waals surface area contributed by atoms with Crippen LogP contribution in [-0.4, -0.2) is 70.3 Å². The summed E-state index contributed by atoms with van der Waals surface area (Å²) in [5.41, 5.74) is 10.5. The number of halogens is 2. The van der Waals surface area contributed by atoms with Gasteiger partial charge in [-0.25, -0.2) is 0 Å². The van der Waals surface area contributed by atoms with Crippen LogP contribution in [0.1, 0.15) is 0 Å². The Morgan fingerprint density at radius 1 is 1.00 bits per heavy atom. The van der Waals surface area contributed by atoms with E-state index in [9.17, 15) is 0 Å². The van der Waals surface area contributed by atoms with E-state index < -0.39 is 16.5 Å². The van der Waals surface area contributed by atoms with E-state index in [0.29, 0.717) is 25.0 Å². The molecule has 0 aliphatic carbocycles. The normalized spacial score (nSPS) is 17.5. The third kappa shape index (κ3) is 7.34. The first-order chi connectivity index (χ1) is 8.81. The number of amides is 2. The molecule has 0 unspecified atom stereocenters. The van der Waals surface area contributed by atoms with Crippen molar-refractivity contribution in [1.82, 2.24) is 9.80 Å². The minimum atomic E-state index is -0.472. The predicted octanol–water partition coefficient (Wildman–Crippen LogP) is -1.13. The van der Waals surface area contributed by atoms with Gasteiger partial charge in [0.2, 0.25) is 11.9 Å². The van der Waals surface area contributed by atoms with E-state index in [1.165, 1.54) is 0 Å². The monoisotopic (exact) mass is 493 g/mol. The van der Waals surface area contributed by atoms with Gasteiger partial charge in [0.25, 0.3) is 0 Å². The Bertz CT molecular complexity index is 367. The van der Waals surface area contributed by atoms with Gasteiger partial charge in [-0.15, -0.1) is 9.98 Å². The summed E-state index contributed by atoms with van der Waals surface area (Å²) in [6.07, 6.45) is 0. The molecule has 6 N–H and O–H groups in total. The average molecular weight is 494 g/mol. The fourth-order valence-electron chi connectivity index (χ4n) is 1.09. The van der Waals surface area contributed by atoms with Crippen molar-refractivity contribution in [1.29, 1.82) is 0 Å². The number of hydrogen-bond acceptors (Lipinski definition) is 4. The number of likely N-dealkylation sites (N-methyl/N-ethyl adjacent to an activating group) is 2. The molecule has 19 heavy (non-hydrogen) atoms. The molecule has 2 aliphatic heterocycles. The van der Waals surface area contributed by atoms with Gasteiger partial charge in [-0.3, -0.25) is 9.59 Å². The van der Waals surface area contributed by atoms with Gasteiger partial charge in [0.15, 0.2) is 13.1 Å². The molecule has 0 bridgehead atoms. The van der Waals surface area contributed by atoms with Crippen LogP contribution in [0.25, 0.3) is 0 Å². The first-order valence-electron chi connectivity index (χ1n) is 4.84. The van der Waals surface area contributed by atoms with Crippen molar-refractivity contribution in [2.24, 2.45) is 21.5 Å². The molecule has 0 aromatic carbocycles. The average Bonchev–Trinajstić information content (AvgIpc) is 2.72. The van der Waals surface area contributed by atoms with Gasteiger partial charge in [-0.2, -0.15) is 0 Å². The molecule has 2 amide bonds. The molecule has 0 fully saturated rings. The third-order valence-electron chi connectivity index (χ3n) is 2.03. The van der Waals surface area contributed by atoms with E-state index in [0.717, 1.165) is 0 Å². The number of nitrogens with zero attached hydrogens (tertiary/aromatic N) is 4. The van der Waals surface area contributed by atoms with Crippen LogP contribution in [-0.2, 0) is 16.5 Å². The predicted molar refractivity (Wildman–Crippen MR) is 74.1 cm³/mol. The van der Waals surface area contributed by atoms with Gasteiger partial charge < -0.3 is 21.3 Å². The Morgan fingerprint density at radius 3 is 1.32 bits per heavy atom. The molecule has 2 heterocycles. The van der Waals surface area contributed by atoms with Crippen LogP contribution < -0.4 is 11.5 Å². The molecule has 112 valence electrons. The van der Waals surface area contributed by atoms with E-state index >= 15 is 0 Å². The molecule has 2 aliphatic rings. The molecule has 8 nitrogen and oxygen atoms in total. The van der Waals surface area contributed by atoms with Crippen LogP contribution in [0.15, 0.2) is 9.98 Å². The number of carbonyl (C=O) groups excluding carboxylic acids is 2. The van der Waals surface area contributed by atoms with Crippen LogP contribution in [0, 0.1) is 0 Å². The summed E-state index contributed by atoms with van der Waals surface area (Å²) < 4.78 is 0. The van der Waals surface area contributed by atoms with Crippen molar-refractivity contribution in [2.75, 3.05) is 27.2 Å². The zero-order chi connectivity index (χ0) is 15.0. The zero-order valence-corrected chi connectivity index (χ0v) is 14.1. The Morgan fingerprint density at radius 2 is 1.26 bits per heavy atom. The first kappa shape index (κ1) is 18.1. The van der Waals surface area contributed by atoms with E-state index in [2.05, 4.69) is 9.98 Å². The summed E-state index contributed by atoms with van der Waals surface area (Å²) in [5, 5.41) is 0. The van der Waals surface area contributed by atoms with Gasteiger partial charge in [-0.1, -0.05) is 0 Å². The zero-order valence-electron chi connectivity index (χ0n) is 10.3. The van der Waals surface area contributed by atoms with Gasteiger partial charge in [-0.05, 0) is 0 Å². The van der Waals surface area contributed by atoms with E-state index in [1.807, 2.05) is 0 Å². The van der Waals surface area contributed by atoms with Crippen molar-refractivity contribution >= 4 is 42.6 Å². The van der Waals surface area contributed by atoms with E-state index in [-0.39, 0.29) is 11.8 Å². The molecule has 0 aromatic heterocycles. The van der Waals surface area contributed by atoms with E-state index in [4.69, 9.17) is 39.9 Å². The Labute approximate surface area is 127 Å². The SMILES string of the molecule is CN1CC(=[OH+])N=C1N.CN1CC(=[OH+])N=C1N.[Cl][Pt][Cl]. The van der Waals surface area contributed by atoms with Gasteiger partial charge in [0.05, 0.1) is 0 Å². The van der Waals surface area contributed by atoms with Gasteiger partial charge in [0, 0.05) is 14.1 Å². The number of aliphatic imine (C=N–C) groups is 2. The molecular weight excluding hydrogens is 478 g/mol. The van der Waals surface area contributed by atoms with Crippen LogP contribution >= 0.6 is 18.8 Å². The third-order valence-corrected chi connectivity index (χ3v) is 2.03. The molecule has 11 heteroatoms. The summed E-state index contributed by atoms with van der Waals surface area (Å²) in [7, 11) is 13.3. The Balaban J connectivity index is 0.000000284. The fraction of sp³-hybridized carbons (Fsp3) is 0.500. The number of guanidine groups is 2. The molecule has 0 radical (unpaired) electrons. The Kier molecular flexibility index (Phi) is 8.71. The molecular formula is C8H16Cl2N6O2Pt+2. The van der Waals surface area contributed by atoms with Crippen molar-refractivity contribution < 1.29 is 26.1 Å². The molecule has 2 rings (SSSR count). The van der Waals surface area contributed by atoms with Crippen LogP contribution in [0.3, 0.4) is 0 Å². The van der Waals surface area contributed by atoms with Gasteiger partial charge in [0.1, 0.15) is 0 Å². The second-order valence-electron chi connectivity index (χ2n) is 3.53. The second kappa shape index (κ2) is 9.12. The maximum absolute atomic E-state index is 8.68. The van der Waals surface area contributed by atoms with E-state index in [1.54, 1.807) is 23.9 Å². The summed E-state index contributed by atoms with van der Waals surface area (Å²) in [6.45, 7) is 0.873. The summed E-state index contributed by atoms with van der Waals surface area (Å²) in [5.74, 6) is 0.931. The second-order valence-corrected chi connectivity index (χ2v) is 6.81. The number of hydrogen-bond donors (Lipinski definition) is 2. The number of nitrogens with two attached hydrogens (primary N) is 2. The van der Waals surface area contributed by atoms with Crippen molar-refractivity contribution in [3.63, 3.8) is 0 Å². The number of rotatable bonds is 0. The van der Waals surface area contributed by atoms with Crippen LogP contribution in [0.2, 0.25) is 0 Å². The van der Waals surface area contributed by atoms with Gasteiger partial charge >= 0.3 is 47.1 Å². The topological polar surface area (TPSA) is 126 Å². The fourth-order valence-corrected chi connectivity index (χ4v) is 1.09. The molecule has 0 saturated heterocycles. The van der Waals surface area contributed by atoms with Crippen LogP contribution in [0.4, 0.5) is 0 Å². The summed E-state index contributed by atoms with van der Waals surface area (Å²) in [4.78, 5) is 27.8. The molecule has 0 saturated carbocycles. The summed E-state index contributed by atoms with van der Waals surface area (Å²) >= 11 is -0.472. The molecule has 0 aromatic rings. The maximum atomic E-state index is 8.68. The minimum absolute atomic E-state index is 0.0880.